The molecular weight excluding hydrogens is 457 g/mol. The van der Waals surface area contributed by atoms with Crippen LogP contribution in [0.15, 0.2) is 42.5 Å². The molecule has 3 heterocycles. The number of halogens is 1. The molecule has 3 aromatic rings. The summed E-state index contributed by atoms with van der Waals surface area (Å²) in [4.78, 5) is 27.1. The highest BCUT2D eigenvalue weighted by molar-refractivity contribution is 6.03. The number of aryl methyl sites for hydroxylation is 1. The molecule has 9 heteroatoms. The number of likely N-dealkylation sites (tertiary alicyclic amines) is 1. The Morgan fingerprint density at radius 2 is 2.03 bits per heavy atom. The van der Waals surface area contributed by atoms with Crippen molar-refractivity contribution in [1.29, 1.82) is 5.26 Å². The van der Waals surface area contributed by atoms with Gasteiger partial charge in [-0.3, -0.25) is 4.79 Å². The maximum Gasteiger partial charge on any atom is 0.241 e. The fraction of sp³-hybridized carbons (Fsp3) is 0.333. The highest BCUT2D eigenvalue weighted by Crippen LogP contribution is 2.44. The summed E-state index contributed by atoms with van der Waals surface area (Å²) in [5, 5.41) is 12.8. The minimum Gasteiger partial charge on any atom is -0.399 e. The predicted molar refractivity (Wildman–Crippen MR) is 136 cm³/mol. The van der Waals surface area contributed by atoms with E-state index in [0.717, 1.165) is 17.7 Å². The van der Waals surface area contributed by atoms with Crippen molar-refractivity contribution in [1.82, 2.24) is 14.9 Å². The van der Waals surface area contributed by atoms with Gasteiger partial charge in [0.05, 0.1) is 35.6 Å². The Hall–Kier alpha value is -4.03. The number of nitrogens with two attached hydrogens (primary N) is 1. The largest absolute Gasteiger partial charge is 0.399 e. The Morgan fingerprint density at radius 3 is 2.72 bits per heavy atom. The maximum atomic E-state index is 14.9. The van der Waals surface area contributed by atoms with Crippen LogP contribution < -0.4 is 16.0 Å². The number of anilines is 3. The Morgan fingerprint density at radius 1 is 1.25 bits per heavy atom. The molecule has 0 aliphatic carbocycles. The van der Waals surface area contributed by atoms with E-state index in [1.54, 1.807) is 30.3 Å². The molecule has 8 nitrogen and oxygen atoms in total. The minimum atomic E-state index is -0.886. The first-order valence-corrected chi connectivity index (χ1v) is 11.9. The number of benzene rings is 2. The number of rotatable bonds is 4. The zero-order valence-electron chi connectivity index (χ0n) is 20.5. The first kappa shape index (κ1) is 23.7. The zero-order chi connectivity index (χ0) is 25.6. The summed E-state index contributed by atoms with van der Waals surface area (Å²) in [5.74, 6) is 0.551. The van der Waals surface area contributed by atoms with Crippen LogP contribution in [0, 0.1) is 24.1 Å². The van der Waals surface area contributed by atoms with Crippen LogP contribution in [-0.2, 0) is 16.8 Å². The summed E-state index contributed by atoms with van der Waals surface area (Å²) in [6.07, 6.45) is 0.590. The summed E-state index contributed by atoms with van der Waals surface area (Å²) >= 11 is 0. The van der Waals surface area contributed by atoms with Crippen molar-refractivity contribution >= 4 is 23.1 Å². The first-order chi connectivity index (χ1) is 17.2. The van der Waals surface area contributed by atoms with E-state index in [0.29, 0.717) is 41.6 Å². The van der Waals surface area contributed by atoms with E-state index in [1.165, 1.54) is 11.0 Å². The monoisotopic (exact) mass is 485 g/mol. The second-order valence-electron chi connectivity index (χ2n) is 9.73. The molecule has 2 aliphatic heterocycles. The van der Waals surface area contributed by atoms with E-state index in [-0.39, 0.29) is 24.2 Å². The van der Waals surface area contributed by atoms with Gasteiger partial charge in [0.15, 0.2) is 0 Å². The summed E-state index contributed by atoms with van der Waals surface area (Å²) in [6.45, 7) is 5.15. The van der Waals surface area contributed by atoms with Gasteiger partial charge < -0.3 is 20.9 Å². The van der Waals surface area contributed by atoms with E-state index >= 15 is 0 Å². The summed E-state index contributed by atoms with van der Waals surface area (Å²) in [6, 6.07) is 13.5. The number of nitrogen functional groups attached to an aromatic ring is 1. The highest BCUT2D eigenvalue weighted by Gasteiger charge is 2.53. The van der Waals surface area contributed by atoms with Gasteiger partial charge in [0, 0.05) is 17.8 Å². The molecule has 1 saturated heterocycles. The van der Waals surface area contributed by atoms with Crippen LogP contribution in [0.4, 0.5) is 21.6 Å². The second kappa shape index (κ2) is 8.88. The van der Waals surface area contributed by atoms with E-state index in [1.807, 2.05) is 27.0 Å². The van der Waals surface area contributed by atoms with Gasteiger partial charge >= 0.3 is 0 Å². The van der Waals surface area contributed by atoms with Gasteiger partial charge in [-0.05, 0) is 69.8 Å². The van der Waals surface area contributed by atoms with Gasteiger partial charge in [0.2, 0.25) is 5.91 Å². The van der Waals surface area contributed by atoms with Crippen LogP contribution in [0.1, 0.15) is 47.6 Å². The normalized spacial score (nSPS) is 20.3. The number of likely N-dealkylation sites (N-methyl/N-ethyl adjacent to an activating group) is 1. The number of amides is 1. The molecule has 2 aromatic carbocycles. The zero-order valence-corrected chi connectivity index (χ0v) is 20.5. The van der Waals surface area contributed by atoms with Gasteiger partial charge in [-0.15, -0.1) is 0 Å². The molecule has 0 saturated carbocycles. The molecule has 3 N–H and O–H groups in total. The van der Waals surface area contributed by atoms with Crippen molar-refractivity contribution in [2.45, 2.75) is 38.3 Å². The minimum absolute atomic E-state index is 0.143. The Labute approximate surface area is 209 Å². The SMILES string of the molecule is Cc1nc(N[C@H](C)c2cc(N)cc(C#N)c2)c2c(n1)C1(CCN(C)C1)C(=O)N(c1ccccc1F)C2. The Kier molecular flexibility index (Phi) is 5.85. The van der Waals surface area contributed by atoms with Crippen molar-refractivity contribution in [3.05, 3.63) is 76.5 Å². The summed E-state index contributed by atoms with van der Waals surface area (Å²) in [5.41, 5.74) is 8.67. The molecule has 5 rings (SSSR count). The number of carbonyl (C=O) groups is 1. The van der Waals surface area contributed by atoms with Crippen LogP contribution in [0.25, 0.3) is 0 Å². The molecule has 2 atom stereocenters. The summed E-state index contributed by atoms with van der Waals surface area (Å²) < 4.78 is 14.9. The van der Waals surface area contributed by atoms with Crippen LogP contribution in [0.2, 0.25) is 0 Å². The molecule has 184 valence electrons. The van der Waals surface area contributed by atoms with E-state index in [9.17, 15) is 14.4 Å². The lowest BCUT2D eigenvalue weighted by Gasteiger charge is -2.41. The number of nitrogens with zero attached hydrogens (tertiary/aromatic N) is 5. The number of aromatic nitrogens is 2. The van der Waals surface area contributed by atoms with Crippen molar-refractivity contribution < 1.29 is 9.18 Å². The van der Waals surface area contributed by atoms with Gasteiger partial charge in [-0.25, -0.2) is 14.4 Å². The fourth-order valence-electron chi connectivity index (χ4n) is 5.36. The van der Waals surface area contributed by atoms with Crippen LogP contribution in [-0.4, -0.2) is 40.9 Å². The first-order valence-electron chi connectivity index (χ1n) is 11.9. The molecule has 1 unspecified atom stereocenters. The topological polar surface area (TPSA) is 111 Å². The molecular formula is C27H28FN7O. The molecule has 1 fully saturated rings. The third-order valence-electron chi connectivity index (χ3n) is 7.11. The molecule has 0 radical (unpaired) electrons. The smallest absolute Gasteiger partial charge is 0.241 e. The fourth-order valence-corrected chi connectivity index (χ4v) is 5.36. The number of carbonyl (C=O) groups excluding carboxylic acids is 1. The van der Waals surface area contributed by atoms with Crippen LogP contribution in [0.5, 0.6) is 0 Å². The lowest BCUT2D eigenvalue weighted by atomic mass is 9.76. The Balaban J connectivity index is 1.63. The number of fused-ring (bicyclic) bond motifs is 2. The Bertz CT molecular complexity index is 1400. The quantitative estimate of drug-likeness (QED) is 0.543. The molecule has 0 bridgehead atoms. The van der Waals surface area contributed by atoms with Gasteiger partial charge in [0.1, 0.15) is 22.9 Å². The number of hydrogen-bond donors (Lipinski definition) is 2. The average Bonchev–Trinajstić information content (AvgIpc) is 3.24. The van der Waals surface area contributed by atoms with Gasteiger partial charge in [0.25, 0.3) is 0 Å². The van der Waals surface area contributed by atoms with Crippen molar-refractivity contribution in [3.63, 3.8) is 0 Å². The second-order valence-corrected chi connectivity index (χ2v) is 9.73. The van der Waals surface area contributed by atoms with Crippen LogP contribution >= 0.6 is 0 Å². The van der Waals surface area contributed by atoms with Gasteiger partial charge in [-0.1, -0.05) is 12.1 Å². The molecule has 1 amide bonds. The van der Waals surface area contributed by atoms with Gasteiger partial charge in [-0.2, -0.15) is 5.26 Å². The number of nitrogens with one attached hydrogen (secondary N) is 1. The van der Waals surface area contributed by atoms with Crippen molar-refractivity contribution in [2.75, 3.05) is 36.1 Å². The number of para-hydroxylation sites is 1. The standard InChI is InChI=1S/C27H28FN7O/c1-16(19-10-18(13-29)11-20(30)12-19)31-25-21-14-35(23-7-5-4-6-22(23)28)26(36)27(8-9-34(3)15-27)24(21)32-17(2)33-25/h4-7,10-12,16H,8-9,14-15,30H2,1-3H3,(H,31,32,33)/t16-,27?/m1/s1. The molecule has 2 aliphatic rings. The van der Waals surface area contributed by atoms with Crippen LogP contribution in [0.3, 0.4) is 0 Å². The summed E-state index contributed by atoms with van der Waals surface area (Å²) in [7, 11) is 1.98. The lowest BCUT2D eigenvalue weighted by Crippen LogP contribution is -2.53. The third kappa shape index (κ3) is 3.93. The number of hydrogen-bond acceptors (Lipinski definition) is 7. The van der Waals surface area contributed by atoms with E-state index < -0.39 is 11.2 Å². The molecule has 36 heavy (non-hydrogen) atoms. The highest BCUT2D eigenvalue weighted by atomic mass is 19.1. The molecule has 1 spiro atoms. The van der Waals surface area contributed by atoms with E-state index in [4.69, 9.17) is 15.7 Å². The lowest BCUT2D eigenvalue weighted by molar-refractivity contribution is -0.124. The van der Waals surface area contributed by atoms with Crippen molar-refractivity contribution in [3.8, 4) is 6.07 Å². The van der Waals surface area contributed by atoms with Crippen molar-refractivity contribution in [2.24, 2.45) is 0 Å². The third-order valence-corrected chi connectivity index (χ3v) is 7.11. The van der Waals surface area contributed by atoms with E-state index in [2.05, 4.69) is 16.3 Å². The molecule has 1 aromatic heterocycles. The maximum absolute atomic E-state index is 14.9. The number of nitriles is 1. The average molecular weight is 486 g/mol. The predicted octanol–water partition coefficient (Wildman–Crippen LogP) is 3.67.